The zero-order valence-electron chi connectivity index (χ0n) is 8.17. The van der Waals surface area contributed by atoms with Crippen LogP contribution in [0, 0.1) is 0 Å². The van der Waals surface area contributed by atoms with E-state index in [1.807, 2.05) is 0 Å². The third-order valence-corrected chi connectivity index (χ3v) is 2.84. The van der Waals surface area contributed by atoms with Gasteiger partial charge in [0.25, 0.3) is 5.91 Å². The maximum atomic E-state index is 11.5. The Morgan fingerprint density at radius 1 is 1.40 bits per heavy atom. The van der Waals surface area contributed by atoms with E-state index in [9.17, 15) is 4.79 Å². The molecule has 0 saturated carbocycles. The van der Waals surface area contributed by atoms with Gasteiger partial charge in [-0.2, -0.15) is 0 Å². The molecule has 15 heavy (non-hydrogen) atoms. The van der Waals surface area contributed by atoms with E-state index in [-0.39, 0.29) is 5.91 Å². The summed E-state index contributed by atoms with van der Waals surface area (Å²) in [7, 11) is 0. The molecular weight excluding hydrogens is 324 g/mol. The number of carbonyl (C=O) groups excluding carboxylic acids is 1. The average Bonchev–Trinajstić information content (AvgIpc) is 2.25. The first-order valence-electron chi connectivity index (χ1n) is 4.70. The van der Waals surface area contributed by atoms with Gasteiger partial charge in [0.05, 0.1) is 0 Å². The predicted molar refractivity (Wildman–Crippen MR) is 67.3 cm³/mol. The number of carbonyl (C=O) groups is 1. The van der Waals surface area contributed by atoms with Gasteiger partial charge in [-0.05, 0) is 40.9 Å². The summed E-state index contributed by atoms with van der Waals surface area (Å²) in [4.78, 5) is 15.5. The second kappa shape index (κ2) is 6.95. The molecule has 0 saturated heterocycles. The molecule has 0 aliphatic heterocycles. The molecule has 1 heterocycles. The highest BCUT2D eigenvalue weighted by atomic mass is 79.9. The number of unbranched alkanes of at least 4 members (excludes halogenated alkanes) is 1. The molecule has 5 heteroatoms. The van der Waals surface area contributed by atoms with Crippen LogP contribution < -0.4 is 5.32 Å². The number of rotatable bonds is 5. The number of alkyl halides is 1. The van der Waals surface area contributed by atoms with Crippen LogP contribution in [0.3, 0.4) is 0 Å². The number of hydrogen-bond donors (Lipinski definition) is 1. The van der Waals surface area contributed by atoms with E-state index in [1.165, 1.54) is 0 Å². The molecule has 0 aliphatic carbocycles. The van der Waals surface area contributed by atoms with Crippen molar-refractivity contribution in [2.75, 3.05) is 11.9 Å². The molecule has 1 N–H and O–H groups in total. The lowest BCUT2D eigenvalue weighted by atomic mass is 10.3. The van der Waals surface area contributed by atoms with E-state index in [2.05, 4.69) is 42.2 Å². The largest absolute Gasteiger partial charge is 0.351 e. The van der Waals surface area contributed by atoms with Crippen LogP contribution in [0.15, 0.2) is 22.8 Å². The number of pyridine rings is 1. The third kappa shape index (κ3) is 4.75. The minimum Gasteiger partial charge on any atom is -0.351 e. The Bertz CT molecular complexity index is 314. The zero-order chi connectivity index (χ0) is 11.1. The molecular formula is C10H12Br2N2O. The number of halogens is 2. The first-order chi connectivity index (χ1) is 7.24. The second-order valence-electron chi connectivity index (χ2n) is 3.01. The van der Waals surface area contributed by atoms with Gasteiger partial charge < -0.3 is 5.32 Å². The maximum absolute atomic E-state index is 11.5. The summed E-state index contributed by atoms with van der Waals surface area (Å²) in [6.07, 6.45) is 3.66. The van der Waals surface area contributed by atoms with Gasteiger partial charge in [-0.3, -0.25) is 4.79 Å². The first-order valence-corrected chi connectivity index (χ1v) is 6.61. The lowest BCUT2D eigenvalue weighted by Gasteiger charge is -2.03. The number of amides is 1. The van der Waals surface area contributed by atoms with Crippen LogP contribution in [-0.2, 0) is 0 Å². The fourth-order valence-corrected chi connectivity index (χ4v) is 1.65. The highest BCUT2D eigenvalue weighted by molar-refractivity contribution is 9.10. The molecule has 1 amide bonds. The normalized spacial score (nSPS) is 10.0. The lowest BCUT2D eigenvalue weighted by molar-refractivity contribution is 0.0948. The Morgan fingerprint density at radius 3 is 2.80 bits per heavy atom. The summed E-state index contributed by atoms with van der Waals surface area (Å²) < 4.78 is 0.873. The van der Waals surface area contributed by atoms with Gasteiger partial charge in [0.15, 0.2) is 0 Å². The van der Waals surface area contributed by atoms with E-state index in [1.54, 1.807) is 18.3 Å². The number of hydrogen-bond acceptors (Lipinski definition) is 2. The fraction of sp³-hybridized carbons (Fsp3) is 0.400. The van der Waals surface area contributed by atoms with Crippen LogP contribution in [0.25, 0.3) is 0 Å². The van der Waals surface area contributed by atoms with Crippen molar-refractivity contribution in [2.24, 2.45) is 0 Å². The minimum absolute atomic E-state index is 0.114. The molecule has 0 bridgehead atoms. The van der Waals surface area contributed by atoms with E-state index >= 15 is 0 Å². The van der Waals surface area contributed by atoms with Crippen LogP contribution >= 0.6 is 31.9 Å². The van der Waals surface area contributed by atoms with Crippen molar-refractivity contribution in [3.8, 4) is 0 Å². The monoisotopic (exact) mass is 334 g/mol. The van der Waals surface area contributed by atoms with E-state index < -0.39 is 0 Å². The van der Waals surface area contributed by atoms with Crippen molar-refractivity contribution >= 4 is 37.8 Å². The Balaban J connectivity index is 2.37. The molecule has 0 aliphatic rings. The molecule has 0 unspecified atom stereocenters. The van der Waals surface area contributed by atoms with Crippen molar-refractivity contribution in [1.29, 1.82) is 0 Å². The van der Waals surface area contributed by atoms with Gasteiger partial charge in [0.2, 0.25) is 0 Å². The van der Waals surface area contributed by atoms with E-state index in [0.29, 0.717) is 12.2 Å². The topological polar surface area (TPSA) is 42.0 Å². The highest BCUT2D eigenvalue weighted by Crippen LogP contribution is 2.07. The maximum Gasteiger partial charge on any atom is 0.269 e. The summed E-state index contributed by atoms with van der Waals surface area (Å²) in [6, 6.07) is 3.50. The molecule has 0 atom stereocenters. The predicted octanol–water partition coefficient (Wildman–Crippen LogP) is 2.75. The molecule has 0 aromatic carbocycles. The van der Waals surface area contributed by atoms with Gasteiger partial charge in [-0.1, -0.05) is 15.9 Å². The average molecular weight is 336 g/mol. The summed E-state index contributed by atoms with van der Waals surface area (Å²) >= 11 is 6.61. The van der Waals surface area contributed by atoms with Gasteiger partial charge in [0.1, 0.15) is 5.69 Å². The highest BCUT2D eigenvalue weighted by Gasteiger charge is 2.04. The SMILES string of the molecule is O=C(NCCCCBr)c1ccc(Br)cn1. The lowest BCUT2D eigenvalue weighted by Crippen LogP contribution is -2.25. The smallest absolute Gasteiger partial charge is 0.269 e. The summed E-state index contributed by atoms with van der Waals surface area (Å²) in [5.74, 6) is -0.114. The summed E-state index contributed by atoms with van der Waals surface area (Å²) in [5.41, 5.74) is 0.456. The van der Waals surface area contributed by atoms with Crippen molar-refractivity contribution in [3.63, 3.8) is 0 Å². The molecule has 3 nitrogen and oxygen atoms in total. The first kappa shape index (κ1) is 12.6. The van der Waals surface area contributed by atoms with Crippen LogP contribution in [0.2, 0.25) is 0 Å². The Labute approximate surface area is 106 Å². The van der Waals surface area contributed by atoms with Crippen molar-refractivity contribution in [3.05, 3.63) is 28.5 Å². The van der Waals surface area contributed by atoms with Crippen molar-refractivity contribution < 1.29 is 4.79 Å². The summed E-state index contributed by atoms with van der Waals surface area (Å²) in [5, 5.41) is 3.79. The van der Waals surface area contributed by atoms with E-state index in [0.717, 1.165) is 22.6 Å². The Morgan fingerprint density at radius 2 is 2.20 bits per heavy atom. The van der Waals surface area contributed by atoms with Crippen molar-refractivity contribution in [2.45, 2.75) is 12.8 Å². The van der Waals surface area contributed by atoms with Gasteiger partial charge >= 0.3 is 0 Å². The standard InChI is InChI=1S/C10H12Br2N2O/c11-5-1-2-6-13-10(15)9-4-3-8(12)7-14-9/h3-4,7H,1-2,5-6H2,(H,13,15). The number of nitrogens with zero attached hydrogens (tertiary/aromatic N) is 1. The molecule has 0 radical (unpaired) electrons. The molecule has 0 spiro atoms. The Kier molecular flexibility index (Phi) is 5.86. The van der Waals surface area contributed by atoms with Gasteiger partial charge in [-0.25, -0.2) is 4.98 Å². The molecule has 1 aromatic heterocycles. The number of nitrogens with one attached hydrogen (secondary N) is 1. The molecule has 82 valence electrons. The third-order valence-electron chi connectivity index (χ3n) is 1.81. The molecule has 1 aromatic rings. The second-order valence-corrected chi connectivity index (χ2v) is 4.72. The minimum atomic E-state index is -0.114. The van der Waals surface area contributed by atoms with Gasteiger partial charge in [0, 0.05) is 22.5 Å². The van der Waals surface area contributed by atoms with Crippen molar-refractivity contribution in [1.82, 2.24) is 10.3 Å². The quantitative estimate of drug-likeness (QED) is 0.664. The van der Waals surface area contributed by atoms with E-state index in [4.69, 9.17) is 0 Å². The van der Waals surface area contributed by atoms with Gasteiger partial charge in [-0.15, -0.1) is 0 Å². The van der Waals surface area contributed by atoms with Crippen LogP contribution in [0.1, 0.15) is 23.3 Å². The fourth-order valence-electron chi connectivity index (χ4n) is 1.02. The van der Waals surface area contributed by atoms with Crippen LogP contribution in [-0.4, -0.2) is 22.8 Å². The number of aromatic nitrogens is 1. The summed E-state index contributed by atoms with van der Waals surface area (Å²) in [6.45, 7) is 0.697. The Hall–Kier alpha value is -0.420. The molecule has 0 fully saturated rings. The van der Waals surface area contributed by atoms with Crippen LogP contribution in [0.4, 0.5) is 0 Å². The molecule has 1 rings (SSSR count). The van der Waals surface area contributed by atoms with Crippen LogP contribution in [0.5, 0.6) is 0 Å². The zero-order valence-corrected chi connectivity index (χ0v) is 11.3.